The molecule has 0 spiro atoms. The van der Waals surface area contributed by atoms with Crippen molar-refractivity contribution in [3.8, 4) is 5.69 Å². The Labute approximate surface area is 113 Å². The molecule has 0 atom stereocenters. The summed E-state index contributed by atoms with van der Waals surface area (Å²) in [5.74, 6) is 0. The first-order chi connectivity index (χ1) is 9.13. The molecule has 0 amide bonds. The van der Waals surface area contributed by atoms with Gasteiger partial charge in [-0.1, -0.05) is 0 Å². The van der Waals surface area contributed by atoms with Crippen LogP contribution in [0, 0.1) is 20.8 Å². The van der Waals surface area contributed by atoms with Crippen molar-refractivity contribution >= 4 is 0 Å². The van der Waals surface area contributed by atoms with E-state index in [1.54, 1.807) is 0 Å². The van der Waals surface area contributed by atoms with Crippen LogP contribution < -0.4 is 5.32 Å². The Bertz CT molecular complexity index is 596. The first-order valence-electron chi connectivity index (χ1n) is 6.86. The quantitative estimate of drug-likeness (QED) is 0.913. The molecule has 1 fully saturated rings. The van der Waals surface area contributed by atoms with Crippen molar-refractivity contribution < 1.29 is 0 Å². The smallest absolute Gasteiger partial charge is 0.0727 e. The van der Waals surface area contributed by atoms with Crippen molar-refractivity contribution in [1.29, 1.82) is 0 Å². The standard InChI is InChI=1S/C15H20N4/c1-10-7-15(19-12(3)6-11(2)18-19)13(8-16-10)9-17-14-4-5-14/h6-8,14,17H,4-5,9H2,1-3H3. The van der Waals surface area contributed by atoms with Crippen molar-refractivity contribution in [2.45, 2.75) is 46.2 Å². The Morgan fingerprint density at radius 3 is 2.63 bits per heavy atom. The van der Waals surface area contributed by atoms with E-state index in [4.69, 9.17) is 0 Å². The lowest BCUT2D eigenvalue weighted by atomic mass is 10.2. The summed E-state index contributed by atoms with van der Waals surface area (Å²) in [4.78, 5) is 4.42. The molecule has 0 saturated heterocycles. The Kier molecular flexibility index (Phi) is 3.11. The molecule has 1 saturated carbocycles. The van der Waals surface area contributed by atoms with Gasteiger partial charge < -0.3 is 5.32 Å². The van der Waals surface area contributed by atoms with Gasteiger partial charge in [0.15, 0.2) is 0 Å². The van der Waals surface area contributed by atoms with Crippen LogP contribution in [0.25, 0.3) is 5.69 Å². The maximum atomic E-state index is 4.59. The van der Waals surface area contributed by atoms with E-state index in [0.29, 0.717) is 6.04 Å². The molecular weight excluding hydrogens is 236 g/mol. The molecular formula is C15H20N4. The lowest BCUT2D eigenvalue weighted by Crippen LogP contribution is -2.17. The van der Waals surface area contributed by atoms with Gasteiger partial charge in [-0.15, -0.1) is 0 Å². The summed E-state index contributed by atoms with van der Waals surface area (Å²) in [7, 11) is 0. The molecule has 1 N–H and O–H groups in total. The fourth-order valence-electron chi connectivity index (χ4n) is 2.32. The van der Waals surface area contributed by atoms with Gasteiger partial charge in [0.05, 0.1) is 11.4 Å². The predicted octanol–water partition coefficient (Wildman–Crippen LogP) is 2.44. The van der Waals surface area contributed by atoms with Gasteiger partial charge in [-0.3, -0.25) is 4.98 Å². The van der Waals surface area contributed by atoms with E-state index >= 15 is 0 Å². The summed E-state index contributed by atoms with van der Waals surface area (Å²) < 4.78 is 2.02. The summed E-state index contributed by atoms with van der Waals surface area (Å²) in [6.45, 7) is 7.01. The average Bonchev–Trinajstić information content (AvgIpc) is 3.13. The molecule has 4 heteroatoms. The molecule has 0 unspecified atom stereocenters. The normalized spacial score (nSPS) is 14.9. The molecule has 19 heavy (non-hydrogen) atoms. The molecule has 0 aliphatic heterocycles. The topological polar surface area (TPSA) is 42.7 Å². The highest BCUT2D eigenvalue weighted by atomic mass is 15.3. The van der Waals surface area contributed by atoms with E-state index in [2.05, 4.69) is 34.5 Å². The third-order valence-electron chi connectivity index (χ3n) is 3.49. The molecule has 2 aromatic heterocycles. The third-order valence-corrected chi connectivity index (χ3v) is 3.49. The SMILES string of the molecule is Cc1cc(-n2nc(C)cc2C)c(CNC2CC2)cn1. The van der Waals surface area contributed by atoms with Crippen LogP contribution in [0.2, 0.25) is 0 Å². The van der Waals surface area contributed by atoms with Gasteiger partial charge in [0.25, 0.3) is 0 Å². The molecule has 0 radical (unpaired) electrons. The number of aromatic nitrogens is 3. The van der Waals surface area contributed by atoms with Crippen LogP contribution in [0.4, 0.5) is 0 Å². The molecule has 0 aromatic carbocycles. The lowest BCUT2D eigenvalue weighted by Gasteiger charge is -2.12. The average molecular weight is 256 g/mol. The highest BCUT2D eigenvalue weighted by Crippen LogP contribution is 2.22. The van der Waals surface area contributed by atoms with Gasteiger partial charge in [0.2, 0.25) is 0 Å². The second kappa shape index (κ2) is 4.78. The monoisotopic (exact) mass is 256 g/mol. The molecule has 1 aliphatic carbocycles. The van der Waals surface area contributed by atoms with Gasteiger partial charge in [0, 0.05) is 35.7 Å². The molecule has 2 heterocycles. The summed E-state index contributed by atoms with van der Waals surface area (Å²) >= 11 is 0. The van der Waals surface area contributed by atoms with Crippen LogP contribution in [0.3, 0.4) is 0 Å². The molecule has 4 nitrogen and oxygen atoms in total. The minimum absolute atomic E-state index is 0.703. The van der Waals surface area contributed by atoms with Crippen molar-refractivity contribution in [2.24, 2.45) is 0 Å². The van der Waals surface area contributed by atoms with E-state index in [0.717, 1.165) is 29.3 Å². The van der Waals surface area contributed by atoms with E-state index in [1.807, 2.05) is 24.7 Å². The van der Waals surface area contributed by atoms with Crippen LogP contribution >= 0.6 is 0 Å². The lowest BCUT2D eigenvalue weighted by molar-refractivity contribution is 0.676. The number of rotatable bonds is 4. The van der Waals surface area contributed by atoms with Crippen molar-refractivity contribution in [1.82, 2.24) is 20.1 Å². The molecule has 3 rings (SSSR count). The first-order valence-corrected chi connectivity index (χ1v) is 6.86. The zero-order chi connectivity index (χ0) is 13.4. The van der Waals surface area contributed by atoms with E-state index in [1.165, 1.54) is 18.4 Å². The second-order valence-electron chi connectivity index (χ2n) is 5.45. The van der Waals surface area contributed by atoms with Gasteiger partial charge in [-0.05, 0) is 45.7 Å². The molecule has 2 aromatic rings. The van der Waals surface area contributed by atoms with Crippen molar-refractivity contribution in [3.63, 3.8) is 0 Å². The number of nitrogens with zero attached hydrogens (tertiary/aromatic N) is 3. The minimum Gasteiger partial charge on any atom is -0.310 e. The molecule has 1 aliphatic rings. The number of nitrogens with one attached hydrogen (secondary N) is 1. The van der Waals surface area contributed by atoms with Crippen LogP contribution in [0.5, 0.6) is 0 Å². The predicted molar refractivity (Wildman–Crippen MR) is 75.4 cm³/mol. The van der Waals surface area contributed by atoms with Crippen molar-refractivity contribution in [3.05, 3.63) is 41.0 Å². The van der Waals surface area contributed by atoms with Gasteiger partial charge in [0.1, 0.15) is 0 Å². The fraction of sp³-hybridized carbons (Fsp3) is 0.467. The van der Waals surface area contributed by atoms with Gasteiger partial charge in [-0.2, -0.15) is 5.10 Å². The van der Waals surface area contributed by atoms with Crippen LogP contribution in [-0.4, -0.2) is 20.8 Å². The first kappa shape index (κ1) is 12.4. The minimum atomic E-state index is 0.703. The van der Waals surface area contributed by atoms with Crippen LogP contribution in [0.15, 0.2) is 18.3 Å². The van der Waals surface area contributed by atoms with Gasteiger partial charge >= 0.3 is 0 Å². The summed E-state index contributed by atoms with van der Waals surface area (Å²) in [6.07, 6.45) is 4.57. The molecule has 100 valence electrons. The van der Waals surface area contributed by atoms with Crippen LogP contribution in [-0.2, 0) is 6.54 Å². The van der Waals surface area contributed by atoms with E-state index in [9.17, 15) is 0 Å². The van der Waals surface area contributed by atoms with Gasteiger partial charge in [-0.25, -0.2) is 4.68 Å². The summed E-state index contributed by atoms with van der Waals surface area (Å²) in [5, 5.41) is 8.13. The highest BCUT2D eigenvalue weighted by molar-refractivity contribution is 5.41. The maximum Gasteiger partial charge on any atom is 0.0727 e. The zero-order valence-corrected chi connectivity index (χ0v) is 11.8. The Morgan fingerprint density at radius 1 is 1.21 bits per heavy atom. The van der Waals surface area contributed by atoms with E-state index in [-0.39, 0.29) is 0 Å². The summed E-state index contributed by atoms with van der Waals surface area (Å²) in [6, 6.07) is 4.92. The Balaban J connectivity index is 1.97. The second-order valence-corrected chi connectivity index (χ2v) is 5.45. The summed E-state index contributed by atoms with van der Waals surface area (Å²) in [5.41, 5.74) is 5.59. The third kappa shape index (κ3) is 2.68. The number of hydrogen-bond acceptors (Lipinski definition) is 3. The Morgan fingerprint density at radius 2 is 2.00 bits per heavy atom. The fourth-order valence-corrected chi connectivity index (χ4v) is 2.32. The number of pyridine rings is 1. The maximum absolute atomic E-state index is 4.59. The zero-order valence-electron chi connectivity index (χ0n) is 11.8. The number of aryl methyl sites for hydroxylation is 3. The highest BCUT2D eigenvalue weighted by Gasteiger charge is 2.21. The largest absolute Gasteiger partial charge is 0.310 e. The number of hydrogen-bond donors (Lipinski definition) is 1. The van der Waals surface area contributed by atoms with E-state index < -0.39 is 0 Å². The Hall–Kier alpha value is -1.68. The molecule has 0 bridgehead atoms. The van der Waals surface area contributed by atoms with Crippen LogP contribution in [0.1, 0.15) is 35.5 Å². The van der Waals surface area contributed by atoms with Crippen molar-refractivity contribution in [2.75, 3.05) is 0 Å².